The second-order valence-electron chi connectivity index (χ2n) is 9.31. The maximum atomic E-state index is 12.2. The van der Waals surface area contributed by atoms with E-state index in [4.69, 9.17) is 18.9 Å². The van der Waals surface area contributed by atoms with Crippen LogP contribution < -0.4 is 0 Å². The average Bonchev–Trinajstić information content (AvgIpc) is 3.23. The van der Waals surface area contributed by atoms with Gasteiger partial charge in [-0.05, 0) is 71.5 Å². The second-order valence-corrected chi connectivity index (χ2v) is 10.5. The second kappa shape index (κ2) is 16.6. The first-order valence-electron chi connectivity index (χ1n) is 12.1. The van der Waals surface area contributed by atoms with Crippen LogP contribution in [-0.4, -0.2) is 61.2 Å². The lowest BCUT2D eigenvalue weighted by atomic mass is 10.00. The van der Waals surface area contributed by atoms with E-state index in [2.05, 4.69) is 46.0 Å². The summed E-state index contributed by atoms with van der Waals surface area (Å²) in [5, 5.41) is 0.374. The fraction of sp³-hybridized carbons (Fsp3) is 0.958. The molecule has 184 valence electrons. The number of unbranched alkanes of at least 4 members (excludes halogenated alkanes) is 1. The van der Waals surface area contributed by atoms with Crippen LogP contribution in [0, 0.1) is 5.92 Å². The minimum Gasteiger partial charge on any atom is -0.462 e. The van der Waals surface area contributed by atoms with Crippen molar-refractivity contribution in [3.05, 3.63) is 0 Å². The zero-order valence-corrected chi connectivity index (χ0v) is 21.9. The van der Waals surface area contributed by atoms with E-state index in [1.807, 2.05) is 6.92 Å². The van der Waals surface area contributed by atoms with E-state index in [-0.39, 0.29) is 29.7 Å². The van der Waals surface area contributed by atoms with Crippen molar-refractivity contribution < 1.29 is 23.7 Å². The van der Waals surface area contributed by atoms with Crippen molar-refractivity contribution in [3.63, 3.8) is 0 Å². The van der Waals surface area contributed by atoms with Gasteiger partial charge in [-0.1, -0.05) is 13.3 Å². The van der Waals surface area contributed by atoms with Crippen molar-refractivity contribution in [1.82, 2.24) is 0 Å². The molecular weight excluding hydrogens is 432 g/mol. The Morgan fingerprint density at radius 3 is 2.68 bits per heavy atom. The van der Waals surface area contributed by atoms with Gasteiger partial charge in [-0.15, -0.1) is 0 Å². The van der Waals surface area contributed by atoms with E-state index in [1.165, 1.54) is 0 Å². The van der Waals surface area contributed by atoms with Crippen LogP contribution >= 0.6 is 25.3 Å². The van der Waals surface area contributed by atoms with Crippen LogP contribution in [0.1, 0.15) is 85.5 Å². The van der Waals surface area contributed by atoms with Gasteiger partial charge in [0.25, 0.3) is 0 Å². The minimum atomic E-state index is -0.274. The first kappa shape index (κ1) is 29.1. The molecule has 7 heteroatoms. The van der Waals surface area contributed by atoms with Gasteiger partial charge in [0, 0.05) is 30.8 Å². The Kier molecular flexibility index (Phi) is 15.6. The predicted octanol–water partition coefficient (Wildman–Crippen LogP) is 5.50. The molecule has 1 fully saturated rings. The minimum absolute atomic E-state index is 0.113. The van der Waals surface area contributed by atoms with Gasteiger partial charge in [0.1, 0.15) is 6.10 Å². The van der Waals surface area contributed by atoms with Crippen LogP contribution in [0.5, 0.6) is 0 Å². The van der Waals surface area contributed by atoms with Crippen LogP contribution in [0.15, 0.2) is 0 Å². The summed E-state index contributed by atoms with van der Waals surface area (Å²) >= 11 is 8.76. The number of ether oxygens (including phenoxy) is 4. The molecule has 31 heavy (non-hydrogen) atoms. The molecular formula is C24H46O5S2. The number of rotatable bonds is 18. The molecule has 0 bridgehead atoms. The number of hydrogen-bond acceptors (Lipinski definition) is 7. The standard InChI is InChI=1S/C24H46O5S2/c1-5-20(19(2)29-23(25)11-7-6-10-22(31)12-16-30)17-28-24(3,4)13-15-26-18-21-9-8-14-27-21/h19-22,30-31H,5-18H2,1-4H3. The summed E-state index contributed by atoms with van der Waals surface area (Å²) in [5.41, 5.74) is -0.274. The van der Waals surface area contributed by atoms with Gasteiger partial charge in [0.05, 0.1) is 24.9 Å². The molecule has 0 radical (unpaired) electrons. The normalized spacial score (nSPS) is 19.9. The van der Waals surface area contributed by atoms with E-state index in [0.717, 1.165) is 63.7 Å². The van der Waals surface area contributed by atoms with Gasteiger partial charge >= 0.3 is 5.97 Å². The quantitative estimate of drug-likeness (QED) is 0.155. The van der Waals surface area contributed by atoms with E-state index < -0.39 is 0 Å². The summed E-state index contributed by atoms with van der Waals surface area (Å²) in [6.07, 6.45) is 8.41. The van der Waals surface area contributed by atoms with Crippen molar-refractivity contribution in [2.75, 3.05) is 32.2 Å². The highest BCUT2D eigenvalue weighted by Gasteiger charge is 2.25. The van der Waals surface area contributed by atoms with E-state index in [1.54, 1.807) is 0 Å². The highest BCUT2D eigenvalue weighted by molar-refractivity contribution is 7.81. The molecule has 1 aliphatic rings. The fourth-order valence-electron chi connectivity index (χ4n) is 3.60. The largest absolute Gasteiger partial charge is 0.462 e. The van der Waals surface area contributed by atoms with Gasteiger partial charge in [-0.3, -0.25) is 4.79 Å². The first-order chi connectivity index (χ1) is 14.8. The van der Waals surface area contributed by atoms with Gasteiger partial charge < -0.3 is 18.9 Å². The zero-order valence-electron chi connectivity index (χ0n) is 20.1. The van der Waals surface area contributed by atoms with Crippen LogP contribution in [0.2, 0.25) is 0 Å². The van der Waals surface area contributed by atoms with Crippen molar-refractivity contribution in [2.24, 2.45) is 5.92 Å². The van der Waals surface area contributed by atoms with Gasteiger partial charge in [-0.2, -0.15) is 25.3 Å². The smallest absolute Gasteiger partial charge is 0.306 e. The highest BCUT2D eigenvalue weighted by atomic mass is 32.1. The third-order valence-corrected chi connectivity index (χ3v) is 6.78. The molecule has 5 nitrogen and oxygen atoms in total. The zero-order chi connectivity index (χ0) is 23.1. The summed E-state index contributed by atoms with van der Waals surface area (Å²) in [6.45, 7) is 11.0. The molecule has 1 aliphatic heterocycles. The Balaban J connectivity index is 2.21. The molecule has 4 atom stereocenters. The summed E-state index contributed by atoms with van der Waals surface area (Å²) in [6, 6.07) is 0. The lowest BCUT2D eigenvalue weighted by molar-refractivity contribution is -0.153. The van der Waals surface area contributed by atoms with Crippen LogP contribution in [0.25, 0.3) is 0 Å². The van der Waals surface area contributed by atoms with Gasteiger partial charge in [-0.25, -0.2) is 0 Å². The van der Waals surface area contributed by atoms with Crippen LogP contribution in [-0.2, 0) is 23.7 Å². The van der Waals surface area contributed by atoms with Crippen LogP contribution in [0.3, 0.4) is 0 Å². The Bertz CT molecular complexity index is 469. The predicted molar refractivity (Wildman–Crippen MR) is 133 cm³/mol. The molecule has 0 saturated carbocycles. The third kappa shape index (κ3) is 14.0. The maximum absolute atomic E-state index is 12.2. The summed E-state index contributed by atoms with van der Waals surface area (Å²) in [4.78, 5) is 12.2. The molecule has 1 rings (SSSR count). The summed E-state index contributed by atoms with van der Waals surface area (Å²) < 4.78 is 23.2. The van der Waals surface area contributed by atoms with Crippen molar-refractivity contribution in [3.8, 4) is 0 Å². The fourth-order valence-corrected chi connectivity index (χ4v) is 4.43. The molecule has 1 heterocycles. The molecule has 0 aromatic heterocycles. The summed E-state index contributed by atoms with van der Waals surface area (Å²) in [7, 11) is 0. The number of thiol groups is 2. The van der Waals surface area contributed by atoms with Gasteiger partial charge in [0.2, 0.25) is 0 Å². The lowest BCUT2D eigenvalue weighted by Gasteiger charge is -2.30. The SMILES string of the molecule is CCC(COC(C)(C)CCOCC1CCCO1)C(C)OC(=O)CCCCC(S)CCS. The molecule has 4 unspecified atom stereocenters. The van der Waals surface area contributed by atoms with Crippen molar-refractivity contribution in [2.45, 2.75) is 109 Å². The Morgan fingerprint density at radius 1 is 1.26 bits per heavy atom. The first-order valence-corrected chi connectivity index (χ1v) is 13.2. The Labute approximate surface area is 201 Å². The maximum Gasteiger partial charge on any atom is 0.306 e. The highest BCUT2D eigenvalue weighted by Crippen LogP contribution is 2.21. The molecule has 0 aromatic carbocycles. The Hall–Kier alpha value is 0.0500. The number of carbonyl (C=O) groups excluding carboxylic acids is 1. The Morgan fingerprint density at radius 2 is 2.03 bits per heavy atom. The van der Waals surface area contributed by atoms with Crippen LogP contribution in [0.4, 0.5) is 0 Å². The summed E-state index contributed by atoms with van der Waals surface area (Å²) in [5.74, 6) is 0.930. The van der Waals surface area contributed by atoms with Gasteiger partial charge in [0.15, 0.2) is 0 Å². The van der Waals surface area contributed by atoms with Crippen molar-refractivity contribution in [1.29, 1.82) is 0 Å². The van der Waals surface area contributed by atoms with E-state index in [0.29, 0.717) is 31.5 Å². The number of esters is 1. The third-order valence-electron chi connectivity index (χ3n) is 6.00. The average molecular weight is 479 g/mol. The number of carbonyl (C=O) groups is 1. The van der Waals surface area contributed by atoms with E-state index in [9.17, 15) is 4.79 Å². The molecule has 1 saturated heterocycles. The van der Waals surface area contributed by atoms with E-state index >= 15 is 0 Å². The molecule has 0 amide bonds. The topological polar surface area (TPSA) is 54.0 Å². The monoisotopic (exact) mass is 478 g/mol. The molecule has 0 N–H and O–H groups in total. The lowest BCUT2D eigenvalue weighted by Crippen LogP contribution is -2.33. The molecule has 0 spiro atoms. The molecule has 0 aliphatic carbocycles. The molecule has 0 aromatic rings. The van der Waals surface area contributed by atoms with Crippen molar-refractivity contribution >= 4 is 31.2 Å². The number of hydrogen-bond donors (Lipinski definition) is 2.